The minimum Gasteiger partial charge on any atom is -0.496 e. The lowest BCUT2D eigenvalue weighted by molar-refractivity contribution is -0.139. The van der Waals surface area contributed by atoms with Crippen molar-refractivity contribution in [3.05, 3.63) is 112 Å². The molecule has 0 aliphatic carbocycles. The zero-order valence-corrected chi connectivity index (χ0v) is 27.2. The number of hydrogen-bond donors (Lipinski definition) is 0. The van der Waals surface area contributed by atoms with Crippen LogP contribution in [-0.2, 0) is 9.53 Å². The Kier molecular flexibility index (Phi) is 8.81. The van der Waals surface area contributed by atoms with E-state index in [0.29, 0.717) is 43.4 Å². The van der Waals surface area contributed by atoms with Crippen LogP contribution in [0.4, 0.5) is 0 Å². The summed E-state index contributed by atoms with van der Waals surface area (Å²) in [7, 11) is 1.56. The molecule has 1 aliphatic rings. The van der Waals surface area contributed by atoms with Crippen molar-refractivity contribution >= 4 is 35.0 Å². The second-order valence-corrected chi connectivity index (χ2v) is 12.1. The molecule has 0 spiro atoms. The second-order valence-electron chi connectivity index (χ2n) is 10.7. The van der Waals surface area contributed by atoms with Gasteiger partial charge in [-0.15, -0.1) is 0 Å². The van der Waals surface area contributed by atoms with Crippen LogP contribution < -0.4 is 19.6 Å². The number of nitrogens with zero attached hydrogens (tertiary/aromatic N) is 3. The van der Waals surface area contributed by atoms with Crippen molar-refractivity contribution in [2.75, 3.05) is 13.7 Å². The molecular weight excluding hydrogens is 582 g/mol. The molecule has 0 bridgehead atoms. The number of aromatic nitrogens is 2. The Balaban J connectivity index is 1.78. The number of methoxy groups -OCH3 is 1. The molecule has 43 heavy (non-hydrogen) atoms. The van der Waals surface area contributed by atoms with E-state index in [1.54, 1.807) is 36.8 Å². The summed E-state index contributed by atoms with van der Waals surface area (Å²) in [6.07, 6.45) is 3.24. The van der Waals surface area contributed by atoms with Gasteiger partial charge in [-0.25, -0.2) is 9.79 Å². The van der Waals surface area contributed by atoms with E-state index in [0.717, 1.165) is 29.1 Å². The predicted octanol–water partition coefficient (Wildman–Crippen LogP) is 6.26. The fraction of sp³-hybridized carbons (Fsp3) is 0.324. The van der Waals surface area contributed by atoms with Gasteiger partial charge in [-0.2, -0.15) is 0 Å². The zero-order valence-electron chi connectivity index (χ0n) is 25.6. The van der Waals surface area contributed by atoms with Crippen molar-refractivity contribution in [1.82, 2.24) is 9.13 Å². The fourth-order valence-corrected chi connectivity index (χ4v) is 7.10. The molecule has 0 radical (unpaired) electrons. The number of halogens is 1. The molecule has 2 aromatic heterocycles. The molecule has 1 aliphatic heterocycles. The normalized spacial score (nSPS) is 15.0. The quantitative estimate of drug-likeness (QED) is 0.219. The number of carbonyl (C=O) groups excluding carboxylic acids is 1. The number of benzene rings is 2. The van der Waals surface area contributed by atoms with Crippen LogP contribution in [0, 0.1) is 27.7 Å². The number of hydrogen-bond acceptors (Lipinski definition) is 6. The zero-order chi connectivity index (χ0) is 31.0. The van der Waals surface area contributed by atoms with Gasteiger partial charge >= 0.3 is 5.97 Å². The summed E-state index contributed by atoms with van der Waals surface area (Å²) in [5, 5.41) is 0.467. The number of rotatable bonds is 8. The maximum atomic E-state index is 14.3. The van der Waals surface area contributed by atoms with Gasteiger partial charge in [0.25, 0.3) is 5.56 Å². The number of carbonyl (C=O) groups is 1. The number of esters is 1. The van der Waals surface area contributed by atoms with Gasteiger partial charge in [0.1, 0.15) is 11.8 Å². The van der Waals surface area contributed by atoms with Gasteiger partial charge in [0.2, 0.25) is 0 Å². The lowest BCUT2D eigenvalue weighted by Gasteiger charge is -2.27. The Morgan fingerprint density at radius 3 is 2.47 bits per heavy atom. The SMILES string of the molecule is CCCC1=C(C(=O)OCC)[C@H](c2cc(Cl)ccc2OC)n2c(s/c(=C/c3cc(C)n(-c4c(C)cccc4C)c3C)c2=O)=N1. The van der Waals surface area contributed by atoms with Crippen molar-refractivity contribution < 1.29 is 14.3 Å². The number of thiazole rings is 1. The summed E-state index contributed by atoms with van der Waals surface area (Å²) in [4.78, 5) is 33.2. The van der Waals surface area contributed by atoms with Crippen molar-refractivity contribution in [2.45, 2.75) is 60.4 Å². The van der Waals surface area contributed by atoms with Gasteiger partial charge in [-0.05, 0) is 88.1 Å². The first-order chi connectivity index (χ1) is 20.6. The molecule has 0 unspecified atom stereocenters. The van der Waals surface area contributed by atoms with Gasteiger partial charge in [0, 0.05) is 22.0 Å². The minimum absolute atomic E-state index is 0.196. The van der Waals surface area contributed by atoms with Gasteiger partial charge in [0.05, 0.1) is 35.2 Å². The maximum absolute atomic E-state index is 14.3. The van der Waals surface area contributed by atoms with Crippen LogP contribution in [0.1, 0.15) is 66.4 Å². The fourth-order valence-electron chi connectivity index (χ4n) is 5.91. The summed E-state index contributed by atoms with van der Waals surface area (Å²) >= 11 is 7.78. The summed E-state index contributed by atoms with van der Waals surface area (Å²) < 4.78 is 15.6. The van der Waals surface area contributed by atoms with E-state index in [1.165, 1.54) is 22.5 Å². The average Bonchev–Trinajstić information content (AvgIpc) is 3.42. The van der Waals surface area contributed by atoms with Crippen molar-refractivity contribution in [3.63, 3.8) is 0 Å². The summed E-state index contributed by atoms with van der Waals surface area (Å²) in [6, 6.07) is 12.8. The van der Waals surface area contributed by atoms with Gasteiger partial charge in [-0.1, -0.05) is 54.5 Å². The average molecular weight is 618 g/mol. The standard InChI is InChI=1S/C34H36ClN3O4S/c1-8-11-26-29(33(40)42-9-2)31(25-18-24(35)14-15-27(25)41-7)38-32(39)28(43-34(38)36-26)17-23-16-21(5)37(22(23)6)30-19(3)12-10-13-20(30)4/h10,12-18,31H,8-9,11H2,1-7H3/b28-17+/t31-/m0/s1. The summed E-state index contributed by atoms with van der Waals surface area (Å²) in [5.74, 6) is 0.00817. The van der Waals surface area contributed by atoms with Gasteiger partial charge in [0.15, 0.2) is 4.80 Å². The highest BCUT2D eigenvalue weighted by Crippen LogP contribution is 2.38. The number of para-hydroxylation sites is 1. The molecule has 0 saturated carbocycles. The first-order valence-corrected chi connectivity index (χ1v) is 15.6. The number of allylic oxidation sites excluding steroid dienone is 1. The Bertz CT molecular complexity index is 1930. The third-order valence-electron chi connectivity index (χ3n) is 7.80. The van der Waals surface area contributed by atoms with Crippen molar-refractivity contribution in [3.8, 4) is 11.4 Å². The Morgan fingerprint density at radius 1 is 1.09 bits per heavy atom. The highest BCUT2D eigenvalue weighted by Gasteiger charge is 2.36. The molecule has 9 heteroatoms. The molecule has 0 saturated heterocycles. The molecule has 1 atom stereocenters. The first kappa shape index (κ1) is 30.6. The Morgan fingerprint density at radius 2 is 1.81 bits per heavy atom. The second kappa shape index (κ2) is 12.4. The van der Waals surface area contributed by atoms with E-state index < -0.39 is 12.0 Å². The van der Waals surface area contributed by atoms with Crippen LogP contribution in [-0.4, -0.2) is 28.8 Å². The van der Waals surface area contributed by atoms with E-state index in [9.17, 15) is 9.59 Å². The lowest BCUT2D eigenvalue weighted by atomic mass is 9.93. The molecule has 0 amide bonds. The van der Waals surface area contributed by atoms with Gasteiger partial charge < -0.3 is 14.0 Å². The highest BCUT2D eigenvalue weighted by molar-refractivity contribution is 7.07. The lowest BCUT2D eigenvalue weighted by Crippen LogP contribution is -2.40. The first-order valence-electron chi connectivity index (χ1n) is 14.4. The Labute approximate surface area is 260 Å². The number of fused-ring (bicyclic) bond motifs is 1. The van der Waals surface area contributed by atoms with E-state index in [2.05, 4.69) is 56.5 Å². The van der Waals surface area contributed by atoms with Crippen molar-refractivity contribution in [1.29, 1.82) is 0 Å². The molecule has 5 rings (SSSR count). The molecule has 7 nitrogen and oxygen atoms in total. The highest BCUT2D eigenvalue weighted by atomic mass is 35.5. The van der Waals surface area contributed by atoms with Gasteiger partial charge in [-0.3, -0.25) is 9.36 Å². The smallest absolute Gasteiger partial charge is 0.338 e. The minimum atomic E-state index is -0.810. The summed E-state index contributed by atoms with van der Waals surface area (Å²) in [6.45, 7) is 12.3. The van der Waals surface area contributed by atoms with Crippen LogP contribution in [0.15, 0.2) is 63.5 Å². The van der Waals surface area contributed by atoms with Crippen LogP contribution in [0.2, 0.25) is 5.02 Å². The van der Waals surface area contributed by atoms with Crippen LogP contribution in [0.3, 0.4) is 0 Å². The van der Waals surface area contributed by atoms with E-state index in [-0.39, 0.29) is 12.2 Å². The monoisotopic (exact) mass is 617 g/mol. The predicted molar refractivity (Wildman–Crippen MR) is 172 cm³/mol. The molecule has 2 aromatic carbocycles. The molecule has 4 aromatic rings. The Hall–Kier alpha value is -3.88. The molecule has 224 valence electrons. The van der Waals surface area contributed by atoms with Crippen LogP contribution >= 0.6 is 22.9 Å². The van der Waals surface area contributed by atoms with Crippen molar-refractivity contribution in [2.24, 2.45) is 4.99 Å². The van der Waals surface area contributed by atoms with Crippen LogP contribution in [0.5, 0.6) is 5.75 Å². The third kappa shape index (κ3) is 5.50. The van der Waals surface area contributed by atoms with E-state index in [4.69, 9.17) is 26.1 Å². The third-order valence-corrected chi connectivity index (χ3v) is 9.02. The molecular formula is C34H36ClN3O4S. The maximum Gasteiger partial charge on any atom is 0.338 e. The van der Waals surface area contributed by atoms with E-state index >= 15 is 0 Å². The number of aryl methyl sites for hydroxylation is 3. The number of ether oxygens (including phenoxy) is 2. The summed E-state index contributed by atoms with van der Waals surface area (Å²) in [5.41, 5.74) is 7.85. The van der Waals surface area contributed by atoms with Crippen LogP contribution in [0.25, 0.3) is 11.8 Å². The molecule has 3 heterocycles. The molecule has 0 fully saturated rings. The topological polar surface area (TPSA) is 74.8 Å². The molecule has 0 N–H and O–H groups in total. The largest absolute Gasteiger partial charge is 0.496 e. The van der Waals surface area contributed by atoms with E-state index in [1.807, 2.05) is 13.0 Å².